The maximum atomic E-state index is 11.9. The van der Waals surface area contributed by atoms with E-state index in [2.05, 4.69) is 10.4 Å². The lowest BCUT2D eigenvalue weighted by molar-refractivity contribution is -0.142. The molecule has 0 aromatic heterocycles. The summed E-state index contributed by atoms with van der Waals surface area (Å²) in [7, 11) is 1.47. The lowest BCUT2D eigenvalue weighted by atomic mass is 9.99. The molecule has 0 unspecified atom stereocenters. The zero-order valence-corrected chi connectivity index (χ0v) is 11.3. The quantitative estimate of drug-likeness (QED) is 0.745. The second-order valence-corrected chi connectivity index (χ2v) is 4.64. The highest BCUT2D eigenvalue weighted by atomic mass is 16.4. The third-order valence-corrected chi connectivity index (χ3v) is 3.24. The van der Waals surface area contributed by atoms with E-state index in [1.807, 2.05) is 6.92 Å². The molecule has 0 aromatic rings. The van der Waals surface area contributed by atoms with Gasteiger partial charge in [-0.05, 0) is 5.92 Å². The zero-order valence-electron chi connectivity index (χ0n) is 11.3. The van der Waals surface area contributed by atoms with Crippen LogP contribution in [0.15, 0.2) is 5.10 Å². The molecular formula is C12H19N3O4. The van der Waals surface area contributed by atoms with Crippen LogP contribution in [0.5, 0.6) is 0 Å². The second kappa shape index (κ2) is 6.31. The molecule has 0 saturated carbocycles. The molecule has 0 saturated heterocycles. The fourth-order valence-electron chi connectivity index (χ4n) is 1.74. The number of carbonyl (C=O) groups is 3. The Hall–Kier alpha value is -1.92. The Morgan fingerprint density at radius 1 is 1.47 bits per heavy atom. The fraction of sp³-hybridized carbons (Fsp3) is 0.667. The van der Waals surface area contributed by atoms with Crippen molar-refractivity contribution in [1.82, 2.24) is 10.3 Å². The topological polar surface area (TPSA) is 99.1 Å². The van der Waals surface area contributed by atoms with E-state index in [-0.39, 0.29) is 30.4 Å². The lowest BCUT2D eigenvalue weighted by Crippen LogP contribution is -2.48. The Morgan fingerprint density at radius 3 is 2.58 bits per heavy atom. The minimum Gasteiger partial charge on any atom is -0.480 e. The van der Waals surface area contributed by atoms with Crippen molar-refractivity contribution < 1.29 is 19.5 Å². The molecule has 2 atom stereocenters. The van der Waals surface area contributed by atoms with Crippen LogP contribution in [0.2, 0.25) is 0 Å². The average molecular weight is 269 g/mol. The van der Waals surface area contributed by atoms with Crippen molar-refractivity contribution in [3.63, 3.8) is 0 Å². The van der Waals surface area contributed by atoms with Gasteiger partial charge in [-0.2, -0.15) is 5.10 Å². The van der Waals surface area contributed by atoms with E-state index in [0.717, 1.165) is 5.01 Å². The normalized spacial score (nSPS) is 18.6. The van der Waals surface area contributed by atoms with Gasteiger partial charge in [0, 0.05) is 19.9 Å². The number of rotatable bonds is 5. The van der Waals surface area contributed by atoms with Gasteiger partial charge in [-0.1, -0.05) is 20.3 Å². The highest BCUT2D eigenvalue weighted by Gasteiger charge is 2.29. The van der Waals surface area contributed by atoms with Crippen LogP contribution in [-0.4, -0.2) is 46.7 Å². The van der Waals surface area contributed by atoms with Crippen molar-refractivity contribution in [2.45, 2.75) is 39.2 Å². The van der Waals surface area contributed by atoms with Crippen molar-refractivity contribution in [2.75, 3.05) is 7.05 Å². The van der Waals surface area contributed by atoms with Gasteiger partial charge < -0.3 is 10.4 Å². The Morgan fingerprint density at radius 2 is 2.11 bits per heavy atom. The summed E-state index contributed by atoms with van der Waals surface area (Å²) in [6.45, 7) is 3.62. The third-order valence-electron chi connectivity index (χ3n) is 3.24. The fourth-order valence-corrected chi connectivity index (χ4v) is 1.74. The molecule has 0 fully saturated rings. The molecule has 1 heterocycles. The van der Waals surface area contributed by atoms with Crippen molar-refractivity contribution in [3.8, 4) is 0 Å². The Balaban J connectivity index is 2.75. The summed E-state index contributed by atoms with van der Waals surface area (Å²) in [5.74, 6) is -1.92. The lowest BCUT2D eigenvalue weighted by Gasteiger charge is -2.23. The molecule has 7 heteroatoms. The first kappa shape index (κ1) is 15.1. The minimum atomic E-state index is -1.07. The van der Waals surface area contributed by atoms with E-state index in [1.165, 1.54) is 7.05 Å². The van der Waals surface area contributed by atoms with Gasteiger partial charge in [-0.15, -0.1) is 0 Å². The van der Waals surface area contributed by atoms with Crippen molar-refractivity contribution in [3.05, 3.63) is 0 Å². The van der Waals surface area contributed by atoms with E-state index < -0.39 is 17.9 Å². The number of nitrogens with zero attached hydrogens (tertiary/aromatic N) is 2. The van der Waals surface area contributed by atoms with Crippen LogP contribution < -0.4 is 5.32 Å². The third kappa shape index (κ3) is 3.77. The van der Waals surface area contributed by atoms with Gasteiger partial charge in [0.25, 0.3) is 5.91 Å². The van der Waals surface area contributed by atoms with Crippen molar-refractivity contribution in [1.29, 1.82) is 0 Å². The number of carboxylic acids is 1. The molecule has 1 aliphatic rings. The predicted octanol–water partition coefficient (Wildman–Crippen LogP) is 0.210. The van der Waals surface area contributed by atoms with Gasteiger partial charge in [0.2, 0.25) is 5.91 Å². The molecule has 2 N–H and O–H groups in total. The summed E-state index contributed by atoms with van der Waals surface area (Å²) in [6.07, 6.45) is 1.09. The van der Waals surface area contributed by atoms with Gasteiger partial charge >= 0.3 is 5.97 Å². The summed E-state index contributed by atoms with van der Waals surface area (Å²) in [5, 5.41) is 16.5. The molecule has 2 amide bonds. The maximum Gasteiger partial charge on any atom is 0.326 e. The molecule has 0 spiro atoms. The molecule has 1 aliphatic heterocycles. The highest BCUT2D eigenvalue weighted by Crippen LogP contribution is 2.10. The summed E-state index contributed by atoms with van der Waals surface area (Å²) in [6, 6.07) is -0.942. The molecule has 0 radical (unpaired) electrons. The van der Waals surface area contributed by atoms with E-state index in [0.29, 0.717) is 6.42 Å². The number of nitrogens with one attached hydrogen (secondary N) is 1. The summed E-state index contributed by atoms with van der Waals surface area (Å²) in [5.41, 5.74) is 0.191. The minimum absolute atomic E-state index is 0.159. The van der Waals surface area contributed by atoms with Crippen LogP contribution in [0.1, 0.15) is 33.1 Å². The van der Waals surface area contributed by atoms with Gasteiger partial charge in [-0.3, -0.25) is 9.59 Å². The number of amides is 2. The number of aliphatic carboxylic acids is 1. The predicted molar refractivity (Wildman–Crippen MR) is 68.5 cm³/mol. The number of carbonyl (C=O) groups excluding carboxylic acids is 2. The molecule has 0 bridgehead atoms. The van der Waals surface area contributed by atoms with Gasteiger partial charge in [0.15, 0.2) is 0 Å². The Kier molecular flexibility index (Phi) is 5.02. The van der Waals surface area contributed by atoms with Crippen LogP contribution in [0.3, 0.4) is 0 Å². The Labute approximate surface area is 111 Å². The first-order chi connectivity index (χ1) is 8.86. The standard InChI is InChI=1S/C12H19N3O4/c1-4-7(2)10(12(18)19)13-11(17)8-5-6-9(16)15(3)14-8/h7,10H,4-6H2,1-3H3,(H,13,17)(H,18,19)/t7-,10-/m0/s1. The van der Waals surface area contributed by atoms with E-state index in [9.17, 15) is 14.4 Å². The zero-order chi connectivity index (χ0) is 14.6. The molecule has 19 heavy (non-hydrogen) atoms. The van der Waals surface area contributed by atoms with Crippen LogP contribution >= 0.6 is 0 Å². The van der Waals surface area contributed by atoms with E-state index in [1.54, 1.807) is 6.92 Å². The monoisotopic (exact) mass is 269 g/mol. The number of hydrazone groups is 1. The number of carboxylic acid groups (broad SMARTS) is 1. The van der Waals surface area contributed by atoms with Gasteiger partial charge in [0.05, 0.1) is 0 Å². The van der Waals surface area contributed by atoms with Crippen LogP contribution in [0, 0.1) is 5.92 Å². The first-order valence-corrected chi connectivity index (χ1v) is 6.24. The number of hydrogen-bond acceptors (Lipinski definition) is 4. The van der Waals surface area contributed by atoms with E-state index in [4.69, 9.17) is 5.11 Å². The van der Waals surface area contributed by atoms with Crippen molar-refractivity contribution in [2.24, 2.45) is 11.0 Å². The summed E-state index contributed by atoms with van der Waals surface area (Å²) in [4.78, 5) is 34.3. The first-order valence-electron chi connectivity index (χ1n) is 6.24. The van der Waals surface area contributed by atoms with Crippen LogP contribution in [-0.2, 0) is 14.4 Å². The van der Waals surface area contributed by atoms with Crippen LogP contribution in [0.25, 0.3) is 0 Å². The maximum absolute atomic E-state index is 11.9. The molecule has 7 nitrogen and oxygen atoms in total. The SMILES string of the molecule is CC[C@H](C)[C@H](NC(=O)C1=NN(C)C(=O)CC1)C(=O)O. The summed E-state index contributed by atoms with van der Waals surface area (Å²) >= 11 is 0. The molecule has 0 aromatic carbocycles. The number of hydrogen-bond donors (Lipinski definition) is 2. The van der Waals surface area contributed by atoms with Gasteiger partial charge in [0.1, 0.15) is 11.8 Å². The Bertz CT molecular complexity index is 419. The van der Waals surface area contributed by atoms with E-state index >= 15 is 0 Å². The molecule has 0 aliphatic carbocycles. The largest absolute Gasteiger partial charge is 0.480 e. The molecule has 1 rings (SSSR count). The van der Waals surface area contributed by atoms with Crippen molar-refractivity contribution >= 4 is 23.5 Å². The summed E-state index contributed by atoms with van der Waals surface area (Å²) < 4.78 is 0. The average Bonchev–Trinajstić information content (AvgIpc) is 2.37. The highest BCUT2D eigenvalue weighted by molar-refractivity contribution is 6.39. The van der Waals surface area contributed by atoms with Gasteiger partial charge in [-0.25, -0.2) is 9.80 Å². The second-order valence-electron chi connectivity index (χ2n) is 4.64. The van der Waals surface area contributed by atoms with Crippen LogP contribution in [0.4, 0.5) is 0 Å². The molecular weight excluding hydrogens is 250 g/mol. The molecule has 106 valence electrons. The smallest absolute Gasteiger partial charge is 0.326 e.